The summed E-state index contributed by atoms with van der Waals surface area (Å²) >= 11 is 1.29. The van der Waals surface area contributed by atoms with Gasteiger partial charge in [-0.25, -0.2) is 23.7 Å². The number of pyridine rings is 1. The maximum atomic E-state index is 17.3. The molecule has 1 aliphatic rings. The standard InChI is InChI=1S/C39H50F2N4O4SSi/c1-23(2)51(24(3)4,25(5)6)19-14-28-30(40)13-12-26-20-27(49-18-17-47-8)21-29(31(26)28)34-33(41)35-32(37(42-34)48-9)36(44-38(43-35)50-10)45-16-11-15-39(7,46)22-45/h12-13,20-21,23-25,46H,11,15-18,22H2,1-10H3/t39-/m1/s1. The number of ether oxygens (including phenoxy) is 3. The largest absolute Gasteiger partial charge is 0.491 e. The van der Waals surface area contributed by atoms with Crippen LogP contribution in [-0.4, -0.2) is 80.5 Å². The van der Waals surface area contributed by atoms with Crippen molar-refractivity contribution in [2.75, 3.05) is 51.7 Å². The zero-order valence-electron chi connectivity index (χ0n) is 31.4. The van der Waals surface area contributed by atoms with E-state index in [0.29, 0.717) is 81.2 Å². The van der Waals surface area contributed by atoms with Crippen molar-refractivity contribution in [2.45, 2.75) is 88.7 Å². The molecule has 1 N–H and O–H groups in total. The monoisotopic (exact) mass is 736 g/mol. The maximum absolute atomic E-state index is 17.3. The van der Waals surface area contributed by atoms with E-state index in [1.165, 1.54) is 24.9 Å². The third-order valence-corrected chi connectivity index (χ3v) is 17.0. The number of nitrogens with zero attached hydrogens (tertiary/aromatic N) is 4. The van der Waals surface area contributed by atoms with Gasteiger partial charge in [-0.05, 0) is 66.2 Å². The first kappa shape index (κ1) is 38.7. The first-order valence-corrected chi connectivity index (χ1v) is 21.0. The van der Waals surface area contributed by atoms with Crippen LogP contribution in [0.3, 0.4) is 0 Å². The lowest BCUT2D eigenvalue weighted by Gasteiger charge is -2.38. The quantitative estimate of drug-likeness (QED) is 0.0534. The molecule has 1 atom stereocenters. The van der Waals surface area contributed by atoms with E-state index in [0.717, 1.165) is 6.42 Å². The summed E-state index contributed by atoms with van der Waals surface area (Å²) in [4.78, 5) is 16.1. The predicted octanol–water partition coefficient (Wildman–Crippen LogP) is 8.80. The van der Waals surface area contributed by atoms with Crippen molar-refractivity contribution in [1.29, 1.82) is 0 Å². The van der Waals surface area contributed by atoms with Gasteiger partial charge in [-0.2, -0.15) is 0 Å². The molecule has 0 aliphatic carbocycles. The average molecular weight is 737 g/mol. The molecule has 0 unspecified atom stereocenters. The van der Waals surface area contributed by atoms with E-state index in [2.05, 4.69) is 58.0 Å². The van der Waals surface area contributed by atoms with Crippen LogP contribution in [-0.2, 0) is 4.74 Å². The van der Waals surface area contributed by atoms with Crippen molar-refractivity contribution < 1.29 is 28.1 Å². The highest BCUT2D eigenvalue weighted by molar-refractivity contribution is 7.98. The molecule has 0 spiro atoms. The molecule has 0 amide bonds. The Balaban J connectivity index is 1.87. The van der Waals surface area contributed by atoms with Gasteiger partial charge < -0.3 is 24.2 Å². The molecule has 8 nitrogen and oxygen atoms in total. The van der Waals surface area contributed by atoms with E-state index in [1.807, 2.05) is 17.2 Å². The molecule has 1 fully saturated rings. The molecule has 3 heterocycles. The van der Waals surface area contributed by atoms with Crippen LogP contribution in [0.5, 0.6) is 11.6 Å². The van der Waals surface area contributed by atoms with Crippen molar-refractivity contribution in [2.24, 2.45) is 0 Å². The number of thioether (sulfide) groups is 1. The molecule has 274 valence electrons. The highest BCUT2D eigenvalue weighted by atomic mass is 32.2. The average Bonchev–Trinajstić information content (AvgIpc) is 3.08. The van der Waals surface area contributed by atoms with Gasteiger partial charge >= 0.3 is 0 Å². The summed E-state index contributed by atoms with van der Waals surface area (Å²) in [5.41, 5.74) is 4.14. The van der Waals surface area contributed by atoms with Gasteiger partial charge in [-0.3, -0.25) is 0 Å². The van der Waals surface area contributed by atoms with Gasteiger partial charge in [0.25, 0.3) is 0 Å². The van der Waals surface area contributed by atoms with Crippen molar-refractivity contribution in [1.82, 2.24) is 15.0 Å². The summed E-state index contributed by atoms with van der Waals surface area (Å²) < 4.78 is 50.5. The van der Waals surface area contributed by atoms with Crippen molar-refractivity contribution >= 4 is 47.3 Å². The second-order valence-corrected chi connectivity index (χ2v) is 20.9. The fourth-order valence-electron chi connectivity index (χ4n) is 7.80. The maximum Gasteiger partial charge on any atom is 0.227 e. The molecule has 5 rings (SSSR count). The second kappa shape index (κ2) is 15.6. The first-order chi connectivity index (χ1) is 24.2. The molecule has 1 saturated heterocycles. The Morgan fingerprint density at radius 3 is 2.31 bits per heavy atom. The van der Waals surface area contributed by atoms with Crippen molar-refractivity contribution in [3.63, 3.8) is 0 Å². The lowest BCUT2D eigenvalue weighted by atomic mass is 9.94. The van der Waals surface area contributed by atoms with E-state index in [9.17, 15) is 5.11 Å². The normalized spacial score (nSPS) is 16.7. The number of piperidine rings is 1. The van der Waals surface area contributed by atoms with Crippen LogP contribution in [0, 0.1) is 23.1 Å². The lowest BCUT2D eigenvalue weighted by Crippen LogP contribution is -2.46. The molecule has 0 saturated carbocycles. The number of benzene rings is 2. The van der Waals surface area contributed by atoms with Crippen LogP contribution < -0.4 is 14.4 Å². The van der Waals surface area contributed by atoms with Crippen LogP contribution in [0.4, 0.5) is 14.6 Å². The minimum absolute atomic E-state index is 0.0187. The number of fused-ring (bicyclic) bond motifs is 2. The van der Waals surface area contributed by atoms with E-state index >= 15 is 8.78 Å². The number of halogens is 2. The summed E-state index contributed by atoms with van der Waals surface area (Å²) in [5, 5.41) is 12.7. The third-order valence-electron chi connectivity index (χ3n) is 10.2. The predicted molar refractivity (Wildman–Crippen MR) is 206 cm³/mol. The van der Waals surface area contributed by atoms with Gasteiger partial charge in [0, 0.05) is 31.1 Å². The van der Waals surface area contributed by atoms with Crippen LogP contribution in [0.15, 0.2) is 29.4 Å². The third kappa shape index (κ3) is 7.54. The Morgan fingerprint density at radius 1 is 1.00 bits per heavy atom. The zero-order valence-corrected chi connectivity index (χ0v) is 33.2. The summed E-state index contributed by atoms with van der Waals surface area (Å²) in [6.45, 7) is 16.6. The number of β-amino-alcohol motifs (C(OH)–C–C–N with tert-alkyl or cyclic N) is 1. The number of aliphatic hydroxyl groups is 1. The number of anilines is 1. The number of hydrogen-bond acceptors (Lipinski definition) is 9. The fraction of sp³-hybridized carbons (Fsp3) is 0.513. The molecule has 12 heteroatoms. The summed E-state index contributed by atoms with van der Waals surface area (Å²) in [7, 11) is 0.779. The van der Waals surface area contributed by atoms with Crippen LogP contribution in [0.25, 0.3) is 32.9 Å². The number of hydrogen-bond donors (Lipinski definition) is 1. The Morgan fingerprint density at radius 2 is 1.71 bits per heavy atom. The lowest BCUT2D eigenvalue weighted by molar-refractivity contribution is 0.0447. The molecule has 1 aliphatic heterocycles. The topological polar surface area (TPSA) is 89.8 Å². The molecular formula is C39H50F2N4O4SSi. The molecule has 0 bridgehead atoms. The van der Waals surface area contributed by atoms with E-state index in [1.54, 1.807) is 26.2 Å². The molecule has 51 heavy (non-hydrogen) atoms. The highest BCUT2D eigenvalue weighted by Gasteiger charge is 2.42. The van der Waals surface area contributed by atoms with Gasteiger partial charge in [-0.1, -0.05) is 65.3 Å². The van der Waals surface area contributed by atoms with Gasteiger partial charge in [-0.15, -0.1) is 5.54 Å². The minimum atomic E-state index is -2.27. The SMILES string of the molecule is COCCOc1cc(-c2nc(OC)c3c(N4CCC[C@@](C)(O)C4)nc(SC)nc3c2F)c2c(C#C[Si](C(C)C)(C(C)C)C(C)C)c(F)ccc2c1. The summed E-state index contributed by atoms with van der Waals surface area (Å²) in [6, 6.07) is 6.55. The number of aromatic nitrogens is 3. The van der Waals surface area contributed by atoms with Crippen LogP contribution in [0.2, 0.25) is 16.6 Å². The molecule has 2 aromatic carbocycles. The Kier molecular flexibility index (Phi) is 11.9. The highest BCUT2D eigenvalue weighted by Crippen LogP contribution is 2.44. The Bertz CT molecular complexity index is 1960. The minimum Gasteiger partial charge on any atom is -0.491 e. The van der Waals surface area contributed by atoms with E-state index < -0.39 is 25.3 Å². The van der Waals surface area contributed by atoms with Gasteiger partial charge in [0.15, 0.2) is 11.0 Å². The Labute approximate surface area is 305 Å². The van der Waals surface area contributed by atoms with Gasteiger partial charge in [0.05, 0.1) is 24.9 Å². The first-order valence-electron chi connectivity index (χ1n) is 17.6. The van der Waals surface area contributed by atoms with E-state index in [-0.39, 0.29) is 29.3 Å². The molecule has 4 aromatic rings. The van der Waals surface area contributed by atoms with Crippen LogP contribution >= 0.6 is 11.8 Å². The second-order valence-electron chi connectivity index (χ2n) is 14.5. The van der Waals surface area contributed by atoms with E-state index in [4.69, 9.17) is 24.2 Å². The number of rotatable bonds is 11. The molecular weight excluding hydrogens is 687 g/mol. The number of methoxy groups -OCH3 is 2. The smallest absolute Gasteiger partial charge is 0.227 e. The van der Waals surface area contributed by atoms with Gasteiger partial charge in [0.2, 0.25) is 5.88 Å². The van der Waals surface area contributed by atoms with Crippen molar-refractivity contribution in [3.05, 3.63) is 41.5 Å². The molecule has 2 aromatic heterocycles. The summed E-state index contributed by atoms with van der Waals surface area (Å²) in [6.07, 6.45) is 3.20. The van der Waals surface area contributed by atoms with Gasteiger partial charge in [0.1, 0.15) is 48.7 Å². The Hall–Kier alpha value is -3.50. The van der Waals surface area contributed by atoms with Crippen molar-refractivity contribution in [3.8, 4) is 34.4 Å². The summed E-state index contributed by atoms with van der Waals surface area (Å²) in [5.74, 6) is 3.12. The fourth-order valence-corrected chi connectivity index (χ4v) is 13.4. The zero-order chi connectivity index (χ0) is 37.2. The molecule has 0 radical (unpaired) electrons. The van der Waals surface area contributed by atoms with Crippen LogP contribution in [0.1, 0.15) is 66.9 Å².